The van der Waals surface area contributed by atoms with Gasteiger partial charge in [0.2, 0.25) is 5.91 Å². The lowest BCUT2D eigenvalue weighted by molar-refractivity contribution is -0.117. The smallest absolute Gasteiger partial charge is 0.261 e. The van der Waals surface area contributed by atoms with Crippen LogP contribution in [0.5, 0.6) is 0 Å². The van der Waals surface area contributed by atoms with Crippen molar-refractivity contribution in [3.8, 4) is 0 Å². The first-order valence-electron chi connectivity index (χ1n) is 5.90. The fraction of sp³-hybridized carbons (Fsp3) is 0.308. The van der Waals surface area contributed by atoms with E-state index in [4.69, 9.17) is 0 Å². The minimum atomic E-state index is -0.349. The average molecular weight is 261 g/mol. The fourth-order valence-corrected chi connectivity index (χ4v) is 1.82. The molecule has 0 aromatic heterocycles. The highest BCUT2D eigenvalue weighted by Crippen LogP contribution is 2.24. The van der Waals surface area contributed by atoms with Gasteiger partial charge in [0.1, 0.15) is 0 Å². The molecule has 0 radical (unpaired) electrons. The molecule has 2 rings (SSSR count). The number of anilines is 1. The summed E-state index contributed by atoms with van der Waals surface area (Å²) in [5, 5.41) is 5.51. The van der Waals surface area contributed by atoms with E-state index in [1.54, 1.807) is 26.1 Å². The maximum Gasteiger partial charge on any atom is 0.261 e. The number of amides is 3. The summed E-state index contributed by atoms with van der Waals surface area (Å²) in [6.07, 6.45) is 0. The lowest BCUT2D eigenvalue weighted by Crippen LogP contribution is -2.35. The van der Waals surface area contributed by atoms with E-state index in [9.17, 15) is 14.4 Å². The van der Waals surface area contributed by atoms with E-state index < -0.39 is 0 Å². The largest absolute Gasteiger partial charge is 0.325 e. The van der Waals surface area contributed by atoms with Gasteiger partial charge in [-0.15, -0.1) is 0 Å². The van der Waals surface area contributed by atoms with Crippen molar-refractivity contribution in [2.45, 2.75) is 13.0 Å². The monoisotopic (exact) mass is 261 g/mol. The van der Waals surface area contributed by atoms with Crippen LogP contribution in [0.1, 0.15) is 27.6 Å². The molecule has 1 aromatic carbocycles. The Kier molecular flexibility index (Phi) is 3.35. The molecule has 100 valence electrons. The zero-order chi connectivity index (χ0) is 14.2. The molecule has 3 amide bonds. The Hall–Kier alpha value is -2.21. The highest BCUT2D eigenvalue weighted by Gasteiger charge is 2.32. The first-order valence-corrected chi connectivity index (χ1v) is 5.90. The van der Waals surface area contributed by atoms with Crippen LogP contribution >= 0.6 is 0 Å². The number of rotatable bonds is 3. The number of fused-ring (bicyclic) bond motifs is 1. The van der Waals surface area contributed by atoms with Crippen molar-refractivity contribution in [3.05, 3.63) is 29.3 Å². The molecule has 6 nitrogen and oxygen atoms in total. The van der Waals surface area contributed by atoms with E-state index in [1.807, 2.05) is 0 Å². The first kappa shape index (κ1) is 13.2. The van der Waals surface area contributed by atoms with Gasteiger partial charge < -0.3 is 10.6 Å². The summed E-state index contributed by atoms with van der Waals surface area (Å²) in [7, 11) is 3.12. The second-order valence-electron chi connectivity index (χ2n) is 4.43. The standard InChI is InChI=1S/C13H15N3O3/c1-7(14-2)11(17)15-8-4-5-9-10(6-8)13(19)16(3)12(9)18/h4-7,14H,1-3H3,(H,15,17). The van der Waals surface area contributed by atoms with Crippen molar-refractivity contribution in [2.75, 3.05) is 19.4 Å². The van der Waals surface area contributed by atoms with Crippen LogP contribution in [0.25, 0.3) is 0 Å². The van der Waals surface area contributed by atoms with Gasteiger partial charge in [-0.3, -0.25) is 19.3 Å². The Bertz CT molecular complexity index is 568. The molecule has 0 saturated carbocycles. The Morgan fingerprint density at radius 2 is 1.84 bits per heavy atom. The molecule has 1 aromatic rings. The van der Waals surface area contributed by atoms with Crippen LogP contribution in [0.2, 0.25) is 0 Å². The quantitative estimate of drug-likeness (QED) is 0.775. The topological polar surface area (TPSA) is 78.5 Å². The number of carbonyl (C=O) groups is 3. The average Bonchev–Trinajstić information content (AvgIpc) is 2.63. The number of nitrogens with zero attached hydrogens (tertiary/aromatic N) is 1. The molecule has 0 saturated heterocycles. The summed E-state index contributed by atoms with van der Waals surface area (Å²) >= 11 is 0. The van der Waals surface area contributed by atoms with Crippen molar-refractivity contribution in [2.24, 2.45) is 0 Å². The molecule has 6 heteroatoms. The van der Waals surface area contributed by atoms with Gasteiger partial charge in [0.25, 0.3) is 11.8 Å². The van der Waals surface area contributed by atoms with Crippen LogP contribution in [-0.4, -0.2) is 42.8 Å². The van der Waals surface area contributed by atoms with Crippen LogP contribution in [0, 0.1) is 0 Å². The molecule has 1 atom stereocenters. The second kappa shape index (κ2) is 4.81. The van der Waals surface area contributed by atoms with Crippen LogP contribution in [0.4, 0.5) is 5.69 Å². The molecule has 1 unspecified atom stereocenters. The summed E-state index contributed by atoms with van der Waals surface area (Å²) in [5.74, 6) is -0.869. The summed E-state index contributed by atoms with van der Waals surface area (Å²) < 4.78 is 0. The summed E-state index contributed by atoms with van der Waals surface area (Å²) in [6.45, 7) is 1.73. The molecule has 1 aliphatic rings. The van der Waals surface area contributed by atoms with Crippen molar-refractivity contribution in [1.82, 2.24) is 10.2 Å². The Morgan fingerprint density at radius 3 is 2.47 bits per heavy atom. The molecular weight excluding hydrogens is 246 g/mol. The van der Waals surface area contributed by atoms with Crippen LogP contribution in [0.3, 0.4) is 0 Å². The normalized spacial score (nSPS) is 15.4. The van der Waals surface area contributed by atoms with Gasteiger partial charge >= 0.3 is 0 Å². The number of likely N-dealkylation sites (N-methyl/N-ethyl adjacent to an activating group) is 1. The third-order valence-corrected chi connectivity index (χ3v) is 3.18. The van der Waals surface area contributed by atoms with Crippen molar-refractivity contribution < 1.29 is 14.4 Å². The number of benzene rings is 1. The highest BCUT2D eigenvalue weighted by atomic mass is 16.2. The zero-order valence-corrected chi connectivity index (χ0v) is 11.0. The second-order valence-corrected chi connectivity index (χ2v) is 4.43. The molecule has 0 spiro atoms. The molecule has 0 aliphatic carbocycles. The third kappa shape index (κ3) is 2.22. The molecule has 2 N–H and O–H groups in total. The first-order chi connectivity index (χ1) is 8.95. The van der Waals surface area contributed by atoms with Gasteiger partial charge in [0.15, 0.2) is 0 Å². The van der Waals surface area contributed by atoms with Crippen LogP contribution < -0.4 is 10.6 Å². The lowest BCUT2D eigenvalue weighted by atomic mass is 10.1. The zero-order valence-electron chi connectivity index (χ0n) is 11.0. The summed E-state index contributed by atoms with van der Waals surface area (Å²) in [4.78, 5) is 36.3. The van der Waals surface area contributed by atoms with E-state index in [2.05, 4.69) is 10.6 Å². The van der Waals surface area contributed by atoms with Gasteiger partial charge in [-0.05, 0) is 32.2 Å². The van der Waals surface area contributed by atoms with Gasteiger partial charge in [-0.2, -0.15) is 0 Å². The highest BCUT2D eigenvalue weighted by molar-refractivity contribution is 6.21. The predicted octanol–water partition coefficient (Wildman–Crippen LogP) is 0.459. The minimum Gasteiger partial charge on any atom is -0.325 e. The number of imide groups is 1. The van der Waals surface area contributed by atoms with Crippen molar-refractivity contribution in [3.63, 3.8) is 0 Å². The van der Waals surface area contributed by atoms with E-state index in [0.717, 1.165) is 4.90 Å². The maximum atomic E-state index is 11.8. The molecule has 1 heterocycles. The SMILES string of the molecule is CNC(C)C(=O)Nc1ccc2c(c1)C(=O)N(C)C2=O. The van der Waals surface area contributed by atoms with E-state index in [0.29, 0.717) is 16.8 Å². The number of hydrogen-bond acceptors (Lipinski definition) is 4. The Morgan fingerprint density at radius 1 is 1.21 bits per heavy atom. The molecule has 19 heavy (non-hydrogen) atoms. The Labute approximate surface area is 110 Å². The minimum absolute atomic E-state index is 0.201. The van der Waals surface area contributed by atoms with Crippen molar-refractivity contribution in [1.29, 1.82) is 0 Å². The van der Waals surface area contributed by atoms with Gasteiger partial charge in [0, 0.05) is 12.7 Å². The van der Waals surface area contributed by atoms with E-state index in [1.165, 1.54) is 13.1 Å². The van der Waals surface area contributed by atoms with Crippen LogP contribution in [0.15, 0.2) is 18.2 Å². The fourth-order valence-electron chi connectivity index (χ4n) is 1.82. The van der Waals surface area contributed by atoms with Gasteiger partial charge in [0.05, 0.1) is 17.2 Å². The lowest BCUT2D eigenvalue weighted by Gasteiger charge is -2.11. The predicted molar refractivity (Wildman–Crippen MR) is 70.0 cm³/mol. The molecular formula is C13H15N3O3. The number of nitrogens with one attached hydrogen (secondary N) is 2. The van der Waals surface area contributed by atoms with E-state index >= 15 is 0 Å². The van der Waals surface area contributed by atoms with Crippen LogP contribution in [-0.2, 0) is 4.79 Å². The Balaban J connectivity index is 2.26. The third-order valence-electron chi connectivity index (χ3n) is 3.18. The van der Waals surface area contributed by atoms with E-state index in [-0.39, 0.29) is 23.8 Å². The maximum absolute atomic E-state index is 11.8. The summed E-state index contributed by atoms with van der Waals surface area (Å²) in [5.41, 5.74) is 1.19. The van der Waals surface area contributed by atoms with Crippen molar-refractivity contribution >= 4 is 23.4 Å². The number of carbonyl (C=O) groups excluding carboxylic acids is 3. The van der Waals surface area contributed by atoms with Gasteiger partial charge in [-0.1, -0.05) is 0 Å². The summed E-state index contributed by atoms with van der Waals surface area (Å²) in [6, 6.07) is 4.36. The van der Waals surface area contributed by atoms with Gasteiger partial charge in [-0.25, -0.2) is 0 Å². The molecule has 0 fully saturated rings. The molecule has 1 aliphatic heterocycles. The molecule has 0 bridgehead atoms. The number of hydrogen-bond donors (Lipinski definition) is 2.